The summed E-state index contributed by atoms with van der Waals surface area (Å²) in [5, 5.41) is 1.90. The van der Waals surface area contributed by atoms with Crippen LogP contribution >= 0.6 is 14.3 Å². The van der Waals surface area contributed by atoms with E-state index in [1.165, 1.54) is 0 Å². The Morgan fingerprint density at radius 1 is 0.652 bits per heavy atom. The van der Waals surface area contributed by atoms with E-state index in [4.69, 9.17) is 0 Å². The molecular formula is C19H26O2P2. The van der Waals surface area contributed by atoms with Crippen LogP contribution in [0.25, 0.3) is 0 Å². The molecule has 23 heavy (non-hydrogen) atoms. The Balaban J connectivity index is 2.08. The maximum atomic E-state index is 13.2. The highest BCUT2D eigenvalue weighted by Gasteiger charge is 2.26. The third-order valence-electron chi connectivity index (χ3n) is 4.51. The summed E-state index contributed by atoms with van der Waals surface area (Å²) < 4.78 is 26.4. The minimum absolute atomic E-state index is 0.643. The van der Waals surface area contributed by atoms with E-state index in [2.05, 4.69) is 0 Å². The molecule has 0 aliphatic rings. The monoisotopic (exact) mass is 348 g/mol. The SMILES string of the molecule is CCP(=O)(CCCP(=O)(CC)c1ccccc1)c1ccccc1. The van der Waals surface area contributed by atoms with Crippen LogP contribution in [0.3, 0.4) is 0 Å². The summed E-state index contributed by atoms with van der Waals surface area (Å²) in [5.41, 5.74) is 0. The van der Waals surface area contributed by atoms with Gasteiger partial charge in [-0.2, -0.15) is 0 Å². The second-order valence-corrected chi connectivity index (χ2v) is 12.6. The molecule has 2 atom stereocenters. The second kappa shape index (κ2) is 8.13. The summed E-state index contributed by atoms with van der Waals surface area (Å²) in [6, 6.07) is 19.5. The van der Waals surface area contributed by atoms with Gasteiger partial charge >= 0.3 is 0 Å². The summed E-state index contributed by atoms with van der Waals surface area (Å²) in [7, 11) is -4.72. The van der Waals surface area contributed by atoms with E-state index in [1.54, 1.807) is 0 Å². The maximum absolute atomic E-state index is 13.2. The van der Waals surface area contributed by atoms with E-state index >= 15 is 0 Å². The minimum Gasteiger partial charge on any atom is -0.319 e. The molecule has 2 unspecified atom stereocenters. The molecule has 2 aromatic carbocycles. The Kier molecular flexibility index (Phi) is 6.45. The van der Waals surface area contributed by atoms with Crippen LogP contribution in [0.15, 0.2) is 60.7 Å². The van der Waals surface area contributed by atoms with E-state index in [-0.39, 0.29) is 0 Å². The van der Waals surface area contributed by atoms with Crippen molar-refractivity contribution in [3.8, 4) is 0 Å². The lowest BCUT2D eigenvalue weighted by atomic mass is 10.4. The molecule has 2 aromatic rings. The first-order chi connectivity index (χ1) is 11.0. The molecule has 0 N–H and O–H groups in total. The van der Waals surface area contributed by atoms with Gasteiger partial charge in [-0.05, 0) is 6.42 Å². The molecule has 0 bridgehead atoms. The van der Waals surface area contributed by atoms with Gasteiger partial charge in [-0.1, -0.05) is 74.5 Å². The molecule has 0 fully saturated rings. The lowest BCUT2D eigenvalue weighted by molar-refractivity contribution is 0.577. The zero-order chi connectivity index (χ0) is 16.8. The second-order valence-electron chi connectivity index (χ2n) is 5.88. The molecule has 0 aliphatic heterocycles. The van der Waals surface area contributed by atoms with Crippen LogP contribution < -0.4 is 10.6 Å². The topological polar surface area (TPSA) is 34.1 Å². The van der Waals surface area contributed by atoms with E-state index in [0.29, 0.717) is 24.6 Å². The molecule has 2 nitrogen and oxygen atoms in total. The van der Waals surface area contributed by atoms with Crippen LogP contribution in [0.1, 0.15) is 20.3 Å². The van der Waals surface area contributed by atoms with Gasteiger partial charge in [-0.15, -0.1) is 0 Å². The third kappa shape index (κ3) is 4.46. The molecule has 0 saturated heterocycles. The van der Waals surface area contributed by atoms with Gasteiger partial charge in [-0.3, -0.25) is 0 Å². The molecule has 4 heteroatoms. The molecule has 124 valence electrons. The molecule has 2 rings (SSSR count). The van der Waals surface area contributed by atoms with Crippen LogP contribution in [0.5, 0.6) is 0 Å². The van der Waals surface area contributed by atoms with E-state index < -0.39 is 14.3 Å². The van der Waals surface area contributed by atoms with Crippen LogP contribution in [-0.4, -0.2) is 24.6 Å². The van der Waals surface area contributed by atoms with Crippen LogP contribution in [0, 0.1) is 0 Å². The van der Waals surface area contributed by atoms with Crippen molar-refractivity contribution in [3.63, 3.8) is 0 Å². The Labute approximate surface area is 140 Å². The normalized spacial score (nSPS) is 16.4. The Hall–Kier alpha value is -1.10. The quantitative estimate of drug-likeness (QED) is 0.643. The fourth-order valence-corrected chi connectivity index (χ4v) is 7.82. The highest BCUT2D eigenvalue weighted by atomic mass is 31.2. The largest absolute Gasteiger partial charge is 0.319 e. The Morgan fingerprint density at radius 3 is 1.30 bits per heavy atom. The van der Waals surface area contributed by atoms with Crippen molar-refractivity contribution in [2.75, 3.05) is 24.6 Å². The summed E-state index contributed by atoms with van der Waals surface area (Å²) in [5.74, 6) is 0. The number of hydrogen-bond acceptors (Lipinski definition) is 2. The van der Waals surface area contributed by atoms with Crippen molar-refractivity contribution < 1.29 is 9.13 Å². The van der Waals surface area contributed by atoms with Crippen molar-refractivity contribution in [1.82, 2.24) is 0 Å². The lowest BCUT2D eigenvalue weighted by Crippen LogP contribution is -2.13. The maximum Gasteiger partial charge on any atom is 0.115 e. The zero-order valence-corrected chi connectivity index (χ0v) is 15.8. The Bertz CT molecular complexity index is 634. The fraction of sp³-hybridized carbons (Fsp3) is 0.368. The predicted molar refractivity (Wildman–Crippen MR) is 103 cm³/mol. The summed E-state index contributed by atoms with van der Waals surface area (Å²) in [6.07, 6.45) is 3.37. The number of benzene rings is 2. The van der Waals surface area contributed by atoms with E-state index in [0.717, 1.165) is 17.0 Å². The molecule has 0 aromatic heterocycles. The van der Waals surface area contributed by atoms with Gasteiger partial charge in [0.2, 0.25) is 0 Å². The van der Waals surface area contributed by atoms with Crippen molar-refractivity contribution in [2.24, 2.45) is 0 Å². The molecule has 0 heterocycles. The summed E-state index contributed by atoms with van der Waals surface area (Å²) >= 11 is 0. The van der Waals surface area contributed by atoms with Gasteiger partial charge in [0.25, 0.3) is 0 Å². The zero-order valence-electron chi connectivity index (χ0n) is 14.0. The van der Waals surface area contributed by atoms with Gasteiger partial charge in [0.15, 0.2) is 0 Å². The van der Waals surface area contributed by atoms with Crippen molar-refractivity contribution in [2.45, 2.75) is 20.3 Å². The first-order valence-electron chi connectivity index (χ1n) is 8.31. The predicted octanol–water partition coefficient (Wildman–Crippen LogP) is 4.79. The highest BCUT2D eigenvalue weighted by molar-refractivity contribution is 7.72. The van der Waals surface area contributed by atoms with Gasteiger partial charge in [-0.25, -0.2) is 0 Å². The van der Waals surface area contributed by atoms with Gasteiger partial charge in [0.1, 0.15) is 14.3 Å². The molecular weight excluding hydrogens is 322 g/mol. The van der Waals surface area contributed by atoms with Crippen molar-refractivity contribution in [3.05, 3.63) is 60.7 Å². The molecule has 0 spiro atoms. The van der Waals surface area contributed by atoms with Crippen molar-refractivity contribution in [1.29, 1.82) is 0 Å². The fourth-order valence-electron chi connectivity index (χ4n) is 2.92. The summed E-state index contributed by atoms with van der Waals surface area (Å²) in [6.45, 7) is 3.98. The molecule has 0 saturated carbocycles. The highest BCUT2D eigenvalue weighted by Crippen LogP contribution is 2.49. The third-order valence-corrected chi connectivity index (χ3v) is 11.1. The molecule has 0 radical (unpaired) electrons. The summed E-state index contributed by atoms with van der Waals surface area (Å²) in [4.78, 5) is 0. The van der Waals surface area contributed by atoms with Gasteiger partial charge in [0, 0.05) is 35.3 Å². The van der Waals surface area contributed by atoms with Gasteiger partial charge in [0.05, 0.1) is 0 Å². The smallest absolute Gasteiger partial charge is 0.115 e. The van der Waals surface area contributed by atoms with Crippen LogP contribution in [0.2, 0.25) is 0 Å². The molecule has 0 amide bonds. The molecule has 0 aliphatic carbocycles. The minimum atomic E-state index is -2.36. The lowest BCUT2D eigenvalue weighted by Gasteiger charge is -2.20. The van der Waals surface area contributed by atoms with Crippen LogP contribution in [-0.2, 0) is 9.13 Å². The van der Waals surface area contributed by atoms with E-state index in [1.807, 2.05) is 74.5 Å². The first kappa shape index (κ1) is 18.2. The Morgan fingerprint density at radius 2 is 1.00 bits per heavy atom. The number of rotatable bonds is 8. The first-order valence-corrected chi connectivity index (χ1v) is 12.5. The van der Waals surface area contributed by atoms with Crippen LogP contribution in [0.4, 0.5) is 0 Å². The average Bonchev–Trinajstić information content (AvgIpc) is 2.63. The average molecular weight is 348 g/mol. The van der Waals surface area contributed by atoms with Gasteiger partial charge < -0.3 is 9.13 Å². The van der Waals surface area contributed by atoms with E-state index in [9.17, 15) is 9.13 Å². The number of hydrogen-bond donors (Lipinski definition) is 0. The standard InChI is InChI=1S/C19H26O2P2/c1-3-22(20,18-12-7-5-8-13-18)16-11-17-23(21,4-2)19-14-9-6-10-15-19/h5-10,12-15H,3-4,11,16-17H2,1-2H3. The van der Waals surface area contributed by atoms with Crippen molar-refractivity contribution >= 4 is 24.9 Å².